The maximum atomic E-state index is 12.6. The van der Waals surface area contributed by atoms with E-state index >= 15 is 0 Å². The lowest BCUT2D eigenvalue weighted by molar-refractivity contribution is -0.132. The number of nitrogens with zero attached hydrogens (tertiary/aromatic N) is 4. The van der Waals surface area contributed by atoms with Crippen molar-refractivity contribution in [3.8, 4) is 28.6 Å². The number of methoxy groups -OCH3 is 2. The Morgan fingerprint density at radius 3 is 2.38 bits per heavy atom. The Hall–Kier alpha value is -3.57. The molecule has 12 heteroatoms. The van der Waals surface area contributed by atoms with E-state index in [0.29, 0.717) is 27.2 Å². The summed E-state index contributed by atoms with van der Waals surface area (Å²) in [5, 5.41) is 14.3. The number of halogens is 1. The lowest BCUT2D eigenvalue weighted by atomic mass is 9.95. The maximum Gasteiger partial charge on any atom is 0.308 e. The van der Waals surface area contributed by atoms with Crippen LogP contribution in [0.25, 0.3) is 11.4 Å². The van der Waals surface area contributed by atoms with Gasteiger partial charge in [-0.2, -0.15) is 5.10 Å². The Morgan fingerprint density at radius 2 is 1.77 bits per heavy atom. The third-order valence-electron chi connectivity index (χ3n) is 6.17. The number of esters is 1. The Balaban J connectivity index is 1.44. The van der Waals surface area contributed by atoms with Gasteiger partial charge in [0.05, 0.1) is 26.2 Å². The van der Waals surface area contributed by atoms with Crippen LogP contribution in [0.4, 0.5) is 0 Å². The summed E-state index contributed by atoms with van der Waals surface area (Å²) >= 11 is 7.40. The highest BCUT2D eigenvalue weighted by atomic mass is 35.5. The van der Waals surface area contributed by atoms with Crippen molar-refractivity contribution >= 4 is 41.5 Å². The standard InChI is InChI=1S/C27H30ClN5O5S/c1-17(34)38-25-22(36-2)13-18(14-23(25)37-3)15-29-30-24(35)16-39-27-32-31-26(19-9-11-20(28)12-10-19)33(27)21-7-5-4-6-8-21/h9-15,21H,4-8,16H2,1-3H3,(H,30,35)/b29-15+. The van der Waals surface area contributed by atoms with Crippen molar-refractivity contribution in [2.45, 2.75) is 50.2 Å². The third kappa shape index (κ3) is 7.30. The summed E-state index contributed by atoms with van der Waals surface area (Å²) in [5.41, 5.74) is 4.05. The molecule has 0 bridgehead atoms. The van der Waals surface area contributed by atoms with Gasteiger partial charge >= 0.3 is 5.97 Å². The zero-order chi connectivity index (χ0) is 27.8. The molecule has 0 radical (unpaired) electrons. The van der Waals surface area contributed by atoms with E-state index in [1.54, 1.807) is 12.1 Å². The first kappa shape index (κ1) is 28.4. The van der Waals surface area contributed by atoms with Crippen LogP contribution in [0.1, 0.15) is 50.6 Å². The molecule has 206 valence electrons. The van der Waals surface area contributed by atoms with Crippen LogP contribution in [0.15, 0.2) is 46.7 Å². The van der Waals surface area contributed by atoms with E-state index in [9.17, 15) is 9.59 Å². The largest absolute Gasteiger partial charge is 0.493 e. The molecule has 1 fully saturated rings. The number of amides is 1. The minimum atomic E-state index is -0.502. The van der Waals surface area contributed by atoms with E-state index in [-0.39, 0.29) is 23.5 Å². The van der Waals surface area contributed by atoms with Crippen molar-refractivity contribution < 1.29 is 23.8 Å². The van der Waals surface area contributed by atoms with Gasteiger partial charge in [-0.15, -0.1) is 10.2 Å². The Kier molecular flexibility index (Phi) is 9.83. The second kappa shape index (κ2) is 13.5. The van der Waals surface area contributed by atoms with Gasteiger partial charge in [-0.3, -0.25) is 14.2 Å². The van der Waals surface area contributed by atoms with Gasteiger partial charge in [0.15, 0.2) is 22.5 Å². The van der Waals surface area contributed by atoms with Crippen molar-refractivity contribution in [2.24, 2.45) is 5.10 Å². The summed E-state index contributed by atoms with van der Waals surface area (Å²) in [4.78, 5) is 24.0. The second-order valence-corrected chi connectivity index (χ2v) is 10.3. The third-order valence-corrected chi connectivity index (χ3v) is 7.37. The molecule has 0 spiro atoms. The molecule has 1 saturated carbocycles. The van der Waals surface area contributed by atoms with Crippen molar-refractivity contribution in [3.05, 3.63) is 47.0 Å². The van der Waals surface area contributed by atoms with Crippen LogP contribution >= 0.6 is 23.4 Å². The molecule has 4 rings (SSSR count). The molecule has 1 amide bonds. The molecule has 10 nitrogen and oxygen atoms in total. The molecule has 0 unspecified atom stereocenters. The number of rotatable bonds is 10. The van der Waals surface area contributed by atoms with Gasteiger partial charge in [0.2, 0.25) is 5.75 Å². The summed E-state index contributed by atoms with van der Waals surface area (Å²) < 4.78 is 18.0. The van der Waals surface area contributed by atoms with Gasteiger partial charge in [-0.25, -0.2) is 5.43 Å². The van der Waals surface area contributed by atoms with E-state index in [1.807, 2.05) is 24.3 Å². The normalized spacial score (nSPS) is 13.8. The molecule has 0 saturated heterocycles. The number of hydrogen-bond donors (Lipinski definition) is 1. The summed E-state index contributed by atoms with van der Waals surface area (Å²) in [6.07, 6.45) is 7.08. The second-order valence-electron chi connectivity index (χ2n) is 8.90. The number of carbonyl (C=O) groups excluding carboxylic acids is 2. The first-order chi connectivity index (χ1) is 18.9. The number of nitrogens with one attached hydrogen (secondary N) is 1. The lowest BCUT2D eigenvalue weighted by Crippen LogP contribution is -2.20. The number of aromatic nitrogens is 3. The first-order valence-electron chi connectivity index (χ1n) is 12.5. The van der Waals surface area contributed by atoms with Crippen LogP contribution in [-0.4, -0.2) is 52.8 Å². The summed E-state index contributed by atoms with van der Waals surface area (Å²) in [6, 6.07) is 11.1. The number of hydrogen-bond acceptors (Lipinski definition) is 9. The Morgan fingerprint density at radius 1 is 1.10 bits per heavy atom. The number of thioether (sulfide) groups is 1. The molecule has 39 heavy (non-hydrogen) atoms. The Bertz CT molecular complexity index is 1310. The molecular weight excluding hydrogens is 542 g/mol. The van der Waals surface area contributed by atoms with Gasteiger partial charge in [-0.1, -0.05) is 42.6 Å². The monoisotopic (exact) mass is 571 g/mol. The molecule has 0 aliphatic heterocycles. The fraction of sp³-hybridized carbons (Fsp3) is 0.370. The van der Waals surface area contributed by atoms with Crippen molar-refractivity contribution in [1.29, 1.82) is 0 Å². The van der Waals surface area contributed by atoms with Crippen LogP contribution in [0.5, 0.6) is 17.2 Å². The molecule has 1 aliphatic rings. The van der Waals surface area contributed by atoms with Crippen LogP contribution < -0.4 is 19.6 Å². The zero-order valence-electron chi connectivity index (χ0n) is 22.0. The molecule has 3 aromatic rings. The molecule has 1 aromatic heterocycles. The van der Waals surface area contributed by atoms with Crippen molar-refractivity contribution in [1.82, 2.24) is 20.2 Å². The molecular formula is C27H30ClN5O5S. The van der Waals surface area contributed by atoms with Gasteiger partial charge < -0.3 is 14.2 Å². The van der Waals surface area contributed by atoms with Crippen LogP contribution in [0, 0.1) is 0 Å². The van der Waals surface area contributed by atoms with E-state index in [4.69, 9.17) is 25.8 Å². The average Bonchev–Trinajstić information content (AvgIpc) is 3.37. The fourth-order valence-corrected chi connectivity index (χ4v) is 5.32. The van der Waals surface area contributed by atoms with Crippen molar-refractivity contribution in [2.75, 3.05) is 20.0 Å². The predicted molar refractivity (Wildman–Crippen MR) is 150 cm³/mol. The summed E-state index contributed by atoms with van der Waals surface area (Å²) in [7, 11) is 2.90. The number of ether oxygens (including phenoxy) is 3. The smallest absolute Gasteiger partial charge is 0.308 e. The first-order valence-corrected chi connectivity index (χ1v) is 13.9. The molecule has 0 atom stereocenters. The van der Waals surface area contributed by atoms with Gasteiger partial charge in [0, 0.05) is 29.1 Å². The van der Waals surface area contributed by atoms with Crippen LogP contribution in [0.3, 0.4) is 0 Å². The summed E-state index contributed by atoms with van der Waals surface area (Å²) in [6.45, 7) is 1.29. The highest BCUT2D eigenvalue weighted by molar-refractivity contribution is 7.99. The van der Waals surface area contributed by atoms with E-state index in [2.05, 4.69) is 25.3 Å². The number of benzene rings is 2. The maximum absolute atomic E-state index is 12.6. The number of hydrazone groups is 1. The Labute approximate surface area is 236 Å². The SMILES string of the molecule is COc1cc(/C=N/NC(=O)CSc2nnc(-c3ccc(Cl)cc3)n2C2CCCCC2)cc(OC)c1OC(C)=O. The van der Waals surface area contributed by atoms with Gasteiger partial charge in [-0.05, 0) is 49.2 Å². The van der Waals surface area contributed by atoms with E-state index < -0.39 is 5.97 Å². The topological polar surface area (TPSA) is 117 Å². The minimum absolute atomic E-state index is 0.112. The van der Waals surface area contributed by atoms with E-state index in [1.165, 1.54) is 45.5 Å². The average molecular weight is 572 g/mol. The quantitative estimate of drug-likeness (QED) is 0.115. The lowest BCUT2D eigenvalue weighted by Gasteiger charge is -2.25. The minimum Gasteiger partial charge on any atom is -0.493 e. The van der Waals surface area contributed by atoms with Crippen LogP contribution in [-0.2, 0) is 9.59 Å². The van der Waals surface area contributed by atoms with Crippen LogP contribution in [0.2, 0.25) is 5.02 Å². The number of carbonyl (C=O) groups is 2. The highest BCUT2D eigenvalue weighted by Gasteiger charge is 2.24. The van der Waals surface area contributed by atoms with Crippen molar-refractivity contribution in [3.63, 3.8) is 0 Å². The molecule has 1 aliphatic carbocycles. The zero-order valence-corrected chi connectivity index (χ0v) is 23.6. The predicted octanol–water partition coefficient (Wildman–Crippen LogP) is 5.29. The van der Waals surface area contributed by atoms with Gasteiger partial charge in [0.25, 0.3) is 5.91 Å². The molecule has 1 heterocycles. The summed E-state index contributed by atoms with van der Waals surface area (Å²) in [5.74, 6) is 0.860. The van der Waals surface area contributed by atoms with E-state index in [0.717, 1.165) is 37.1 Å². The molecule has 1 N–H and O–H groups in total. The fourth-order valence-electron chi connectivity index (χ4n) is 4.40. The highest BCUT2D eigenvalue weighted by Crippen LogP contribution is 2.38. The molecule has 2 aromatic carbocycles. The van der Waals surface area contributed by atoms with Gasteiger partial charge in [0.1, 0.15) is 0 Å².